The standard InChI is InChI=1S/C20H34N4/c1-3-5-13-21-17-19-23-15-11-9-7-8-10-12-16-24-20-18-22-14-6-4-2/h5-6,13-14,23-24H,1-2,7-12,15-20H2. The van der Waals surface area contributed by atoms with Crippen molar-refractivity contribution >= 4 is 12.4 Å². The molecule has 4 nitrogen and oxygen atoms in total. The van der Waals surface area contributed by atoms with Gasteiger partial charge in [-0.1, -0.05) is 38.8 Å². The van der Waals surface area contributed by atoms with Crippen LogP contribution < -0.4 is 10.6 Å². The highest BCUT2D eigenvalue weighted by Crippen LogP contribution is 2.04. The molecule has 24 heavy (non-hydrogen) atoms. The fourth-order valence-electron chi connectivity index (χ4n) is 2.10. The molecule has 0 amide bonds. The average molecular weight is 331 g/mol. The van der Waals surface area contributed by atoms with Crippen LogP contribution in [0.25, 0.3) is 0 Å². The van der Waals surface area contributed by atoms with Crippen LogP contribution in [0.4, 0.5) is 0 Å². The van der Waals surface area contributed by atoms with Crippen molar-refractivity contribution in [3.8, 4) is 0 Å². The monoisotopic (exact) mass is 330 g/mol. The van der Waals surface area contributed by atoms with E-state index in [4.69, 9.17) is 0 Å². The Morgan fingerprint density at radius 3 is 1.46 bits per heavy atom. The van der Waals surface area contributed by atoms with Gasteiger partial charge in [0, 0.05) is 25.5 Å². The Hall–Kier alpha value is -1.70. The third kappa shape index (κ3) is 20.3. The smallest absolute Gasteiger partial charge is 0.0514 e. The van der Waals surface area contributed by atoms with Crippen LogP contribution in [-0.2, 0) is 0 Å². The summed E-state index contributed by atoms with van der Waals surface area (Å²) in [5.74, 6) is 0. The molecular formula is C20H34N4. The van der Waals surface area contributed by atoms with Crippen molar-refractivity contribution in [3.63, 3.8) is 0 Å². The second-order valence-electron chi connectivity index (χ2n) is 5.47. The molecule has 0 atom stereocenters. The molecule has 0 saturated carbocycles. The van der Waals surface area contributed by atoms with Gasteiger partial charge in [-0.25, -0.2) is 0 Å². The van der Waals surface area contributed by atoms with Crippen LogP contribution in [0.2, 0.25) is 0 Å². The maximum absolute atomic E-state index is 4.20. The van der Waals surface area contributed by atoms with Crippen molar-refractivity contribution < 1.29 is 0 Å². The van der Waals surface area contributed by atoms with Crippen LogP contribution >= 0.6 is 0 Å². The summed E-state index contributed by atoms with van der Waals surface area (Å²) in [6.07, 6.45) is 14.8. The van der Waals surface area contributed by atoms with E-state index >= 15 is 0 Å². The summed E-state index contributed by atoms with van der Waals surface area (Å²) in [6.45, 7) is 12.7. The van der Waals surface area contributed by atoms with Gasteiger partial charge in [-0.15, -0.1) is 11.5 Å². The first-order chi connectivity index (χ1) is 11.9. The molecule has 0 aromatic heterocycles. The quantitative estimate of drug-likeness (QED) is 0.244. The van der Waals surface area contributed by atoms with Crippen molar-refractivity contribution in [2.75, 3.05) is 39.3 Å². The summed E-state index contributed by atoms with van der Waals surface area (Å²) in [6, 6.07) is 0. The molecule has 0 bridgehead atoms. The highest BCUT2D eigenvalue weighted by Gasteiger charge is 1.92. The van der Waals surface area contributed by atoms with Crippen LogP contribution in [0.1, 0.15) is 38.5 Å². The Labute approximate surface area is 148 Å². The van der Waals surface area contributed by atoms with Gasteiger partial charge in [-0.05, 0) is 38.1 Å². The number of nitrogens with zero attached hydrogens (tertiary/aromatic N) is 2. The molecule has 0 aromatic rings. The summed E-state index contributed by atoms with van der Waals surface area (Å²) >= 11 is 0. The Bertz CT molecular complexity index is 373. The Kier molecular flexibility index (Phi) is 19.8. The van der Waals surface area contributed by atoms with Gasteiger partial charge in [0.15, 0.2) is 0 Å². The first-order valence-corrected chi connectivity index (χ1v) is 9.01. The van der Waals surface area contributed by atoms with E-state index in [0.29, 0.717) is 0 Å². The van der Waals surface area contributed by atoms with Crippen LogP contribution in [0, 0.1) is 0 Å². The summed E-state index contributed by atoms with van der Waals surface area (Å²) in [4.78, 5) is 8.41. The maximum atomic E-state index is 4.20. The van der Waals surface area contributed by atoms with Crippen molar-refractivity contribution in [3.05, 3.63) is 36.8 Å². The van der Waals surface area contributed by atoms with E-state index in [0.717, 1.165) is 39.3 Å². The first kappa shape index (κ1) is 22.3. The van der Waals surface area contributed by atoms with E-state index in [9.17, 15) is 0 Å². The number of nitrogens with one attached hydrogen (secondary N) is 2. The number of hydrogen-bond donors (Lipinski definition) is 2. The van der Waals surface area contributed by atoms with E-state index in [1.807, 2.05) is 0 Å². The molecular weight excluding hydrogens is 296 g/mol. The van der Waals surface area contributed by atoms with Crippen LogP contribution in [0.15, 0.2) is 46.8 Å². The molecule has 0 aliphatic rings. The summed E-state index contributed by atoms with van der Waals surface area (Å²) < 4.78 is 0. The summed E-state index contributed by atoms with van der Waals surface area (Å²) in [7, 11) is 0. The van der Waals surface area contributed by atoms with Gasteiger partial charge in [0.1, 0.15) is 0 Å². The topological polar surface area (TPSA) is 48.8 Å². The van der Waals surface area contributed by atoms with Crippen LogP contribution in [-0.4, -0.2) is 51.7 Å². The highest BCUT2D eigenvalue weighted by molar-refractivity contribution is 5.70. The minimum atomic E-state index is 0.821. The summed E-state index contributed by atoms with van der Waals surface area (Å²) in [5.41, 5.74) is 5.33. The predicted octanol–water partition coefficient (Wildman–Crippen LogP) is 3.33. The lowest BCUT2D eigenvalue weighted by Crippen LogP contribution is -2.19. The van der Waals surface area contributed by atoms with Gasteiger partial charge in [0.2, 0.25) is 0 Å². The second-order valence-corrected chi connectivity index (χ2v) is 5.47. The Morgan fingerprint density at radius 1 is 0.625 bits per heavy atom. The van der Waals surface area contributed by atoms with Gasteiger partial charge in [0.25, 0.3) is 0 Å². The molecule has 2 N–H and O–H groups in total. The van der Waals surface area contributed by atoms with E-state index in [1.165, 1.54) is 38.5 Å². The number of rotatable bonds is 17. The zero-order chi connectivity index (χ0) is 17.6. The highest BCUT2D eigenvalue weighted by atomic mass is 14.9. The lowest BCUT2D eigenvalue weighted by atomic mass is 10.1. The maximum Gasteiger partial charge on any atom is 0.0514 e. The number of aliphatic imine (C=N–C) groups is 2. The van der Waals surface area contributed by atoms with E-state index < -0.39 is 0 Å². The number of hydrogen-bond acceptors (Lipinski definition) is 4. The fourth-order valence-corrected chi connectivity index (χ4v) is 2.10. The largest absolute Gasteiger partial charge is 0.315 e. The molecule has 134 valence electrons. The van der Waals surface area contributed by atoms with Crippen LogP contribution in [0.3, 0.4) is 0 Å². The molecule has 0 spiro atoms. The molecule has 0 aromatic carbocycles. The molecule has 0 heterocycles. The molecule has 0 radical (unpaired) electrons. The molecule has 0 aliphatic carbocycles. The van der Waals surface area contributed by atoms with E-state index in [2.05, 4.69) is 45.2 Å². The molecule has 0 saturated heterocycles. The zero-order valence-corrected chi connectivity index (χ0v) is 15.1. The van der Waals surface area contributed by atoms with Crippen LogP contribution in [0.5, 0.6) is 0 Å². The van der Waals surface area contributed by atoms with Gasteiger partial charge in [-0.2, -0.15) is 0 Å². The SMILES string of the molecule is C=C=CC=NCCNCCCCCCCCNCCN=CC=C=C. The predicted molar refractivity (Wildman–Crippen MR) is 108 cm³/mol. The van der Waals surface area contributed by atoms with Crippen molar-refractivity contribution in [1.29, 1.82) is 0 Å². The molecule has 4 heteroatoms. The minimum Gasteiger partial charge on any atom is -0.315 e. The number of unbranched alkanes of at least 4 members (excludes halogenated alkanes) is 5. The van der Waals surface area contributed by atoms with Crippen molar-refractivity contribution in [2.24, 2.45) is 9.98 Å². The third-order valence-corrected chi connectivity index (χ3v) is 3.39. The minimum absolute atomic E-state index is 0.821. The van der Waals surface area contributed by atoms with Gasteiger partial charge in [-0.3, -0.25) is 9.98 Å². The molecule has 0 fully saturated rings. The zero-order valence-electron chi connectivity index (χ0n) is 15.1. The molecule has 0 aliphatic heterocycles. The lowest BCUT2D eigenvalue weighted by molar-refractivity contribution is 0.553. The Morgan fingerprint density at radius 2 is 1.04 bits per heavy atom. The third-order valence-electron chi connectivity index (χ3n) is 3.39. The average Bonchev–Trinajstić information content (AvgIpc) is 2.60. The first-order valence-electron chi connectivity index (χ1n) is 9.01. The summed E-state index contributed by atoms with van der Waals surface area (Å²) in [5, 5.41) is 6.82. The molecule has 0 unspecified atom stereocenters. The lowest BCUT2D eigenvalue weighted by Gasteiger charge is -2.04. The second kappa shape index (κ2) is 21.3. The fraction of sp³-hybridized carbons (Fsp3) is 0.600. The van der Waals surface area contributed by atoms with Crippen molar-refractivity contribution in [1.82, 2.24) is 10.6 Å². The van der Waals surface area contributed by atoms with E-state index in [-0.39, 0.29) is 0 Å². The number of allylic oxidation sites excluding steroid dienone is 2. The van der Waals surface area contributed by atoms with E-state index in [1.54, 1.807) is 24.6 Å². The van der Waals surface area contributed by atoms with Gasteiger partial charge in [0.05, 0.1) is 13.1 Å². The molecule has 0 rings (SSSR count). The van der Waals surface area contributed by atoms with Gasteiger partial charge < -0.3 is 10.6 Å². The Balaban J connectivity index is 3.10. The van der Waals surface area contributed by atoms with Crippen molar-refractivity contribution in [2.45, 2.75) is 38.5 Å². The van der Waals surface area contributed by atoms with Gasteiger partial charge >= 0.3 is 0 Å². The normalized spacial score (nSPS) is 10.8.